The van der Waals surface area contributed by atoms with Gasteiger partial charge < -0.3 is 19.1 Å². The second-order valence-corrected chi connectivity index (χ2v) is 25.4. The Balaban J connectivity index is 1.47. The SMILES string of the molecule is CCSc1nc2c3c(nc(-c4cc(OCOC)cc5ccc(F)c(C#C[Si](C(C)C)(C(C)C)C(C)C)c45)c(F)c3n1)CC[C@@H]1[C@@H]3CC[C@](C)(CN21)N3C(=O)OC(C)(C)C. The molecule has 3 atom stereocenters. The van der Waals surface area contributed by atoms with Crippen molar-refractivity contribution in [2.24, 2.45) is 0 Å². The number of anilines is 1. The van der Waals surface area contributed by atoms with Crippen molar-refractivity contribution < 1.29 is 27.8 Å². The van der Waals surface area contributed by atoms with Crippen molar-refractivity contribution in [2.45, 2.75) is 147 Å². The highest BCUT2D eigenvalue weighted by atomic mass is 32.2. The molecule has 0 spiro atoms. The lowest BCUT2D eigenvalue weighted by Crippen LogP contribution is -2.66. The summed E-state index contributed by atoms with van der Waals surface area (Å²) in [7, 11) is -0.757. The quantitative estimate of drug-likeness (QED) is 0.0537. The first-order valence-corrected chi connectivity index (χ1v) is 24.3. The molecule has 0 N–H and O–H groups in total. The number of benzene rings is 2. The van der Waals surface area contributed by atoms with Gasteiger partial charge in [0.2, 0.25) is 0 Å². The molecule has 0 saturated carbocycles. The summed E-state index contributed by atoms with van der Waals surface area (Å²) in [5.41, 5.74) is 5.01. The fraction of sp³-hybridized carbons (Fsp3) is 0.565. The van der Waals surface area contributed by atoms with Gasteiger partial charge in [-0.2, -0.15) is 0 Å². The Morgan fingerprint density at radius 3 is 2.37 bits per heavy atom. The third-order valence-corrected chi connectivity index (χ3v) is 19.8. The number of hydrogen-bond donors (Lipinski definition) is 0. The molecule has 3 aliphatic rings. The zero-order valence-electron chi connectivity index (χ0n) is 36.7. The van der Waals surface area contributed by atoms with Gasteiger partial charge in [-0.25, -0.2) is 28.5 Å². The summed E-state index contributed by atoms with van der Waals surface area (Å²) in [6, 6.07) is 6.41. The average molecular weight is 844 g/mol. The van der Waals surface area contributed by atoms with Gasteiger partial charge in [-0.3, -0.25) is 4.90 Å². The summed E-state index contributed by atoms with van der Waals surface area (Å²) in [6.45, 7) is 23.6. The molecule has 0 radical (unpaired) electrons. The largest absolute Gasteiger partial charge is 0.468 e. The van der Waals surface area contributed by atoms with E-state index in [4.69, 9.17) is 29.2 Å². The van der Waals surface area contributed by atoms with Crippen LogP contribution in [0.2, 0.25) is 16.6 Å². The summed E-state index contributed by atoms with van der Waals surface area (Å²) in [5.74, 6) is 4.04. The highest BCUT2D eigenvalue weighted by Gasteiger charge is 2.57. The number of aromatic nitrogens is 3. The van der Waals surface area contributed by atoms with Crippen LogP contribution < -0.4 is 9.64 Å². The summed E-state index contributed by atoms with van der Waals surface area (Å²) in [4.78, 5) is 33.2. The number of aryl methyl sites for hydroxylation is 1. The van der Waals surface area contributed by atoms with E-state index in [0.29, 0.717) is 85.9 Å². The number of pyridine rings is 1. The van der Waals surface area contributed by atoms with Gasteiger partial charge in [0.1, 0.15) is 42.3 Å². The molecule has 13 heteroatoms. The van der Waals surface area contributed by atoms with Crippen LogP contribution in [-0.4, -0.2) is 83.4 Å². The predicted molar refractivity (Wildman–Crippen MR) is 236 cm³/mol. The maximum absolute atomic E-state index is 17.8. The second-order valence-electron chi connectivity index (χ2n) is 18.6. The first kappa shape index (κ1) is 43.1. The summed E-state index contributed by atoms with van der Waals surface area (Å²) < 4.78 is 51.4. The van der Waals surface area contributed by atoms with E-state index in [-0.39, 0.29) is 41.7 Å². The normalized spacial score (nSPS) is 20.4. The third kappa shape index (κ3) is 7.56. The van der Waals surface area contributed by atoms with Gasteiger partial charge in [0.15, 0.2) is 17.8 Å². The molecule has 2 aromatic carbocycles. The van der Waals surface area contributed by atoms with E-state index < -0.39 is 30.8 Å². The van der Waals surface area contributed by atoms with Crippen molar-refractivity contribution in [1.82, 2.24) is 19.9 Å². The maximum atomic E-state index is 17.8. The summed E-state index contributed by atoms with van der Waals surface area (Å²) in [5, 5.41) is 2.15. The molecule has 316 valence electrons. The van der Waals surface area contributed by atoms with Gasteiger partial charge in [0, 0.05) is 24.6 Å². The molecule has 2 saturated heterocycles. The molecule has 3 aliphatic heterocycles. The number of rotatable bonds is 9. The van der Waals surface area contributed by atoms with Crippen molar-refractivity contribution in [3.8, 4) is 28.5 Å². The average Bonchev–Trinajstić information content (AvgIpc) is 3.32. The highest BCUT2D eigenvalue weighted by Crippen LogP contribution is 2.49. The Bertz CT molecular complexity index is 2340. The monoisotopic (exact) mass is 843 g/mol. The number of fused-ring (bicyclic) bond motifs is 6. The summed E-state index contributed by atoms with van der Waals surface area (Å²) in [6.07, 6.45) is 2.46. The molecule has 2 fully saturated rings. The molecule has 1 amide bonds. The van der Waals surface area contributed by atoms with Crippen LogP contribution in [0.4, 0.5) is 19.4 Å². The standard InChI is InChI=1S/C46H59F2N5O4SSi/c1-13-58-43-50-41-38-34(16-17-35-36-18-20-46(11,24-52(35)42(38)51-43)53(36)44(54)57-45(8,9)10)49-40(39(41)48)32-23-30(56-25-55-12)22-29-14-15-33(47)31(37(29)32)19-21-59(26(2)3,27(4)5)28(6)7/h14-15,22-23,26-28,35-36H,13,16-18,20,24-25H2,1-12H3/t35-,36+,46-/m1/s1. The lowest BCUT2D eigenvalue weighted by atomic mass is 9.94. The molecular formula is C46H59F2N5O4SSi. The minimum absolute atomic E-state index is 0.0330. The van der Waals surface area contributed by atoms with E-state index >= 15 is 8.78 Å². The number of ether oxygens (including phenoxy) is 3. The van der Waals surface area contributed by atoms with Crippen LogP contribution in [0.5, 0.6) is 5.75 Å². The summed E-state index contributed by atoms with van der Waals surface area (Å²) >= 11 is 1.45. The van der Waals surface area contributed by atoms with Crippen molar-refractivity contribution in [3.63, 3.8) is 0 Å². The van der Waals surface area contributed by atoms with Gasteiger partial charge >= 0.3 is 6.09 Å². The van der Waals surface area contributed by atoms with Crippen LogP contribution in [0.25, 0.3) is 32.9 Å². The van der Waals surface area contributed by atoms with Crippen LogP contribution in [0, 0.1) is 23.1 Å². The van der Waals surface area contributed by atoms with Crippen LogP contribution in [0.3, 0.4) is 0 Å². The number of carbonyl (C=O) groups is 1. The first-order chi connectivity index (χ1) is 27.8. The number of piperazine rings is 1. The van der Waals surface area contributed by atoms with Gasteiger partial charge in [0.05, 0.1) is 34.3 Å². The van der Waals surface area contributed by atoms with E-state index in [1.165, 1.54) is 24.9 Å². The molecule has 2 bridgehead atoms. The van der Waals surface area contributed by atoms with Crippen LogP contribution >= 0.6 is 11.8 Å². The van der Waals surface area contributed by atoms with Gasteiger partial charge in [0.25, 0.3) is 0 Å². The molecule has 5 heterocycles. The lowest BCUT2D eigenvalue weighted by molar-refractivity contribution is -0.00936. The number of methoxy groups -OCH3 is 1. The molecule has 0 unspecified atom stereocenters. The number of amides is 1. The zero-order valence-corrected chi connectivity index (χ0v) is 38.5. The Labute approximate surface area is 353 Å². The van der Waals surface area contributed by atoms with Crippen LogP contribution in [0.1, 0.15) is 107 Å². The Morgan fingerprint density at radius 2 is 1.73 bits per heavy atom. The number of hydrogen-bond acceptors (Lipinski definition) is 9. The molecule has 2 aromatic heterocycles. The van der Waals surface area contributed by atoms with E-state index in [1.807, 2.05) is 38.7 Å². The molecule has 4 aromatic rings. The number of thioether (sulfide) groups is 1. The smallest absolute Gasteiger partial charge is 0.411 e. The number of nitrogens with zero attached hydrogens (tertiary/aromatic N) is 5. The topological polar surface area (TPSA) is 89.9 Å². The molecule has 0 aliphatic carbocycles. The lowest BCUT2D eigenvalue weighted by Gasteiger charge is -2.51. The van der Waals surface area contributed by atoms with Crippen molar-refractivity contribution >= 4 is 53.4 Å². The van der Waals surface area contributed by atoms with Crippen molar-refractivity contribution in [1.29, 1.82) is 0 Å². The van der Waals surface area contributed by atoms with Crippen LogP contribution in [0.15, 0.2) is 29.4 Å². The van der Waals surface area contributed by atoms with Gasteiger partial charge in [-0.05, 0) is 99.3 Å². The number of halogens is 2. The Morgan fingerprint density at radius 1 is 1.02 bits per heavy atom. The maximum Gasteiger partial charge on any atom is 0.411 e. The molecule has 7 rings (SSSR count). The molecule has 59 heavy (non-hydrogen) atoms. The molecular weight excluding hydrogens is 785 g/mol. The third-order valence-electron chi connectivity index (χ3n) is 12.8. The van der Waals surface area contributed by atoms with E-state index in [0.717, 1.165) is 12.8 Å². The second kappa shape index (κ2) is 16.1. The number of carbonyl (C=O) groups excluding carboxylic acids is 1. The Kier molecular flexibility index (Phi) is 11.8. The predicted octanol–water partition coefficient (Wildman–Crippen LogP) is 11.1. The van der Waals surface area contributed by atoms with Crippen LogP contribution in [-0.2, 0) is 15.9 Å². The molecule has 9 nitrogen and oxygen atoms in total. The van der Waals surface area contributed by atoms with E-state index in [9.17, 15) is 4.79 Å². The highest BCUT2D eigenvalue weighted by molar-refractivity contribution is 7.99. The first-order valence-electron chi connectivity index (χ1n) is 21.1. The minimum Gasteiger partial charge on any atom is -0.468 e. The minimum atomic E-state index is -2.29. The van der Waals surface area contributed by atoms with E-state index in [2.05, 4.69) is 64.8 Å². The van der Waals surface area contributed by atoms with E-state index in [1.54, 1.807) is 12.1 Å². The zero-order chi connectivity index (χ0) is 42.8. The Hall–Kier alpha value is -3.99. The fourth-order valence-corrected chi connectivity index (χ4v) is 16.1. The van der Waals surface area contributed by atoms with Gasteiger partial charge in [-0.1, -0.05) is 72.2 Å². The van der Waals surface area contributed by atoms with Crippen molar-refractivity contribution in [2.75, 3.05) is 31.1 Å². The fourth-order valence-electron chi connectivity index (χ4n) is 10.4. The van der Waals surface area contributed by atoms with Gasteiger partial charge in [-0.15, -0.1) is 5.54 Å². The van der Waals surface area contributed by atoms with Crippen molar-refractivity contribution in [3.05, 3.63) is 47.2 Å².